The summed E-state index contributed by atoms with van der Waals surface area (Å²) >= 11 is 1.36. The van der Waals surface area contributed by atoms with E-state index >= 15 is 0 Å². The fourth-order valence-corrected chi connectivity index (χ4v) is 4.46. The van der Waals surface area contributed by atoms with Crippen molar-refractivity contribution in [3.63, 3.8) is 0 Å². The molecular formula is C15H21NO5S. The molecule has 0 bridgehead atoms. The highest BCUT2D eigenvalue weighted by atomic mass is 32.1. The number of thiophene rings is 1. The first-order valence-electron chi connectivity index (χ1n) is 7.56. The molecule has 1 fully saturated rings. The van der Waals surface area contributed by atoms with Crippen molar-refractivity contribution >= 4 is 17.3 Å². The average molecular weight is 327 g/mol. The SMILES string of the molecule is O=C(O)c1cc2c(s1)CCOC21CCN(CC(O)CO)CC1. The van der Waals surface area contributed by atoms with Crippen LogP contribution < -0.4 is 0 Å². The van der Waals surface area contributed by atoms with Gasteiger partial charge >= 0.3 is 5.97 Å². The number of fused-ring (bicyclic) bond motifs is 2. The summed E-state index contributed by atoms with van der Waals surface area (Å²) < 4.78 is 6.08. The standard InChI is InChI=1S/C15H21NO5S/c17-9-10(18)8-16-4-2-15(3-5-16)11-7-13(14(19)20)22-12(11)1-6-21-15/h7,10,17-18H,1-6,8-9H2,(H,19,20). The van der Waals surface area contributed by atoms with Crippen molar-refractivity contribution < 1.29 is 24.9 Å². The highest BCUT2D eigenvalue weighted by Gasteiger charge is 2.42. The molecular weight excluding hydrogens is 306 g/mol. The lowest BCUT2D eigenvalue weighted by molar-refractivity contribution is -0.101. The van der Waals surface area contributed by atoms with Crippen molar-refractivity contribution in [3.8, 4) is 0 Å². The number of β-amino-alcohol motifs (C(OH)–C–C–N with tert-alkyl or cyclic N) is 1. The Balaban J connectivity index is 1.75. The zero-order chi connectivity index (χ0) is 15.7. The quantitative estimate of drug-likeness (QED) is 0.753. The van der Waals surface area contributed by atoms with Crippen LogP contribution in [0.15, 0.2) is 6.07 Å². The molecule has 0 saturated carbocycles. The first-order chi connectivity index (χ1) is 10.5. The van der Waals surface area contributed by atoms with Crippen LogP contribution in [-0.2, 0) is 16.8 Å². The third-order valence-corrected chi connectivity index (χ3v) is 5.74. The molecule has 2 aliphatic heterocycles. The Bertz CT molecular complexity index is 550. The minimum Gasteiger partial charge on any atom is -0.477 e. The summed E-state index contributed by atoms with van der Waals surface area (Å²) in [4.78, 5) is 14.8. The van der Waals surface area contributed by atoms with Gasteiger partial charge in [-0.1, -0.05) is 0 Å². The van der Waals surface area contributed by atoms with Crippen LogP contribution in [0.5, 0.6) is 0 Å². The van der Waals surface area contributed by atoms with E-state index in [0.29, 0.717) is 18.0 Å². The zero-order valence-corrected chi connectivity index (χ0v) is 13.1. The van der Waals surface area contributed by atoms with Gasteiger partial charge in [0.15, 0.2) is 0 Å². The van der Waals surface area contributed by atoms with Gasteiger partial charge in [-0.2, -0.15) is 0 Å². The maximum atomic E-state index is 11.2. The van der Waals surface area contributed by atoms with Crippen molar-refractivity contribution in [2.75, 3.05) is 32.8 Å². The molecule has 0 aliphatic carbocycles. The van der Waals surface area contributed by atoms with Crippen LogP contribution in [0.4, 0.5) is 0 Å². The van der Waals surface area contributed by atoms with Crippen molar-refractivity contribution in [1.82, 2.24) is 4.90 Å². The highest BCUT2D eigenvalue weighted by molar-refractivity contribution is 7.14. The molecule has 6 nitrogen and oxygen atoms in total. The number of aliphatic hydroxyl groups excluding tert-OH is 2. The second kappa shape index (κ2) is 6.25. The molecule has 1 aromatic rings. The Hall–Kier alpha value is -0.990. The van der Waals surface area contributed by atoms with Gasteiger partial charge in [-0.05, 0) is 24.5 Å². The third-order valence-electron chi connectivity index (χ3n) is 4.56. The van der Waals surface area contributed by atoms with Crippen molar-refractivity contribution in [2.24, 2.45) is 0 Å². The van der Waals surface area contributed by atoms with Gasteiger partial charge in [0, 0.05) is 30.9 Å². The number of aromatic carboxylic acids is 1. The number of nitrogens with zero attached hydrogens (tertiary/aromatic N) is 1. The monoisotopic (exact) mass is 327 g/mol. The number of carboxylic acids is 1. The maximum absolute atomic E-state index is 11.2. The van der Waals surface area contributed by atoms with Crippen LogP contribution in [-0.4, -0.2) is 65.1 Å². The zero-order valence-electron chi connectivity index (χ0n) is 12.3. The predicted molar refractivity (Wildman–Crippen MR) is 81.4 cm³/mol. The largest absolute Gasteiger partial charge is 0.477 e. The molecule has 1 saturated heterocycles. The molecule has 0 aromatic carbocycles. The fourth-order valence-electron chi connectivity index (χ4n) is 3.39. The summed E-state index contributed by atoms with van der Waals surface area (Å²) in [6.45, 7) is 2.41. The minimum atomic E-state index is -0.877. The van der Waals surface area contributed by atoms with Crippen LogP contribution in [0.1, 0.15) is 33.0 Å². The summed E-state index contributed by atoms with van der Waals surface area (Å²) in [5, 5.41) is 27.7. The molecule has 7 heteroatoms. The lowest BCUT2D eigenvalue weighted by atomic mass is 9.82. The lowest BCUT2D eigenvalue weighted by Gasteiger charge is -2.44. The van der Waals surface area contributed by atoms with E-state index < -0.39 is 12.1 Å². The third kappa shape index (κ3) is 2.91. The molecule has 1 atom stereocenters. The lowest BCUT2D eigenvalue weighted by Crippen LogP contribution is -2.48. The van der Waals surface area contributed by atoms with E-state index in [1.165, 1.54) is 11.3 Å². The first kappa shape index (κ1) is 15.9. The Morgan fingerprint density at radius 3 is 2.82 bits per heavy atom. The number of carbonyl (C=O) groups is 1. The van der Waals surface area contributed by atoms with E-state index in [0.717, 1.165) is 42.8 Å². The number of hydrogen-bond acceptors (Lipinski definition) is 6. The van der Waals surface area contributed by atoms with Crippen LogP contribution in [0.2, 0.25) is 0 Å². The molecule has 1 spiro atoms. The number of hydrogen-bond donors (Lipinski definition) is 3. The molecule has 3 heterocycles. The molecule has 0 radical (unpaired) electrons. The maximum Gasteiger partial charge on any atom is 0.345 e. The normalized spacial score (nSPS) is 22.5. The van der Waals surface area contributed by atoms with E-state index in [4.69, 9.17) is 9.84 Å². The minimum absolute atomic E-state index is 0.227. The number of ether oxygens (including phenoxy) is 1. The van der Waals surface area contributed by atoms with Gasteiger partial charge < -0.3 is 25.0 Å². The second-order valence-electron chi connectivity index (χ2n) is 5.98. The summed E-state index contributed by atoms with van der Waals surface area (Å²) in [5.41, 5.74) is 0.668. The number of carboxylic acid groups (broad SMARTS) is 1. The Labute approximate surface area is 132 Å². The number of aliphatic hydroxyl groups is 2. The van der Waals surface area contributed by atoms with Crippen molar-refractivity contribution in [1.29, 1.82) is 0 Å². The molecule has 22 heavy (non-hydrogen) atoms. The van der Waals surface area contributed by atoms with Crippen LogP contribution in [0, 0.1) is 0 Å². The molecule has 1 aromatic heterocycles. The molecule has 3 N–H and O–H groups in total. The second-order valence-corrected chi connectivity index (χ2v) is 7.12. The van der Waals surface area contributed by atoms with Gasteiger partial charge in [-0.15, -0.1) is 11.3 Å². The van der Waals surface area contributed by atoms with E-state index in [9.17, 15) is 15.0 Å². The van der Waals surface area contributed by atoms with Crippen molar-refractivity contribution in [3.05, 3.63) is 21.4 Å². The smallest absolute Gasteiger partial charge is 0.345 e. The molecule has 3 rings (SSSR count). The number of rotatable bonds is 4. The molecule has 1 unspecified atom stereocenters. The fraction of sp³-hybridized carbons (Fsp3) is 0.667. The Morgan fingerprint density at radius 2 is 2.18 bits per heavy atom. The van der Waals surface area contributed by atoms with E-state index in [1.54, 1.807) is 6.07 Å². The molecule has 122 valence electrons. The van der Waals surface area contributed by atoms with E-state index in [2.05, 4.69) is 4.90 Å². The first-order valence-corrected chi connectivity index (χ1v) is 8.37. The van der Waals surface area contributed by atoms with Gasteiger partial charge in [0.25, 0.3) is 0 Å². The van der Waals surface area contributed by atoms with Gasteiger partial charge in [-0.25, -0.2) is 4.79 Å². The highest BCUT2D eigenvalue weighted by Crippen LogP contribution is 2.44. The summed E-state index contributed by atoms with van der Waals surface area (Å²) in [6.07, 6.45) is 1.64. The topological polar surface area (TPSA) is 90.2 Å². The number of likely N-dealkylation sites (tertiary alicyclic amines) is 1. The average Bonchev–Trinajstić information content (AvgIpc) is 2.96. The predicted octanol–water partition coefficient (Wildman–Crippen LogP) is 0.663. The summed E-state index contributed by atoms with van der Waals surface area (Å²) in [7, 11) is 0. The summed E-state index contributed by atoms with van der Waals surface area (Å²) in [5.74, 6) is -0.877. The molecule has 0 amide bonds. The number of piperidine rings is 1. The van der Waals surface area contributed by atoms with Crippen LogP contribution in [0.3, 0.4) is 0 Å². The van der Waals surface area contributed by atoms with Gasteiger partial charge in [-0.3, -0.25) is 0 Å². The summed E-state index contributed by atoms with van der Waals surface area (Å²) in [6, 6.07) is 1.78. The Kier molecular flexibility index (Phi) is 4.52. The van der Waals surface area contributed by atoms with Crippen LogP contribution >= 0.6 is 11.3 Å². The van der Waals surface area contributed by atoms with E-state index in [1.807, 2.05) is 0 Å². The van der Waals surface area contributed by atoms with Gasteiger partial charge in [0.2, 0.25) is 0 Å². The van der Waals surface area contributed by atoms with Gasteiger partial charge in [0.1, 0.15) is 4.88 Å². The van der Waals surface area contributed by atoms with Crippen molar-refractivity contribution in [2.45, 2.75) is 31.0 Å². The van der Waals surface area contributed by atoms with Gasteiger partial charge in [0.05, 0.1) is 24.9 Å². The van der Waals surface area contributed by atoms with Crippen LogP contribution in [0.25, 0.3) is 0 Å². The Morgan fingerprint density at radius 1 is 1.45 bits per heavy atom. The molecule has 2 aliphatic rings. The van der Waals surface area contributed by atoms with E-state index in [-0.39, 0.29) is 12.2 Å².